The molecule has 0 aliphatic heterocycles. The first-order valence-corrected chi connectivity index (χ1v) is 12.9. The quantitative estimate of drug-likeness (QED) is 0.265. The van der Waals surface area contributed by atoms with Gasteiger partial charge in [-0.2, -0.15) is 10.5 Å². The number of thiophene rings is 1. The molecule has 1 heterocycles. The summed E-state index contributed by atoms with van der Waals surface area (Å²) in [4.78, 5) is 26.1. The third kappa shape index (κ3) is 6.42. The molecule has 0 fully saturated rings. The second-order valence-electron chi connectivity index (χ2n) is 8.18. The SMILES string of the molecule is N#C/C(=C\c1ccc(OCC(=O)Nc2ccc(F)cc2)c(Br)c1)C(=O)Nc1sc2c(c1C#N)CCCC2. The molecule has 2 N–H and O–H groups in total. The molecule has 2 amide bonds. The van der Waals surface area contributed by atoms with Crippen molar-refractivity contribution in [1.82, 2.24) is 0 Å². The number of ether oxygens (including phenoxy) is 1. The number of carbonyl (C=O) groups is 2. The maximum atomic E-state index is 13.0. The summed E-state index contributed by atoms with van der Waals surface area (Å²) < 4.78 is 19.1. The van der Waals surface area contributed by atoms with Gasteiger partial charge in [-0.15, -0.1) is 11.3 Å². The minimum Gasteiger partial charge on any atom is -0.483 e. The second-order valence-corrected chi connectivity index (χ2v) is 10.1. The van der Waals surface area contributed by atoms with Crippen LogP contribution < -0.4 is 15.4 Å². The van der Waals surface area contributed by atoms with E-state index in [0.29, 0.717) is 32.0 Å². The van der Waals surface area contributed by atoms with E-state index in [2.05, 4.69) is 32.6 Å². The Morgan fingerprint density at radius 3 is 2.57 bits per heavy atom. The van der Waals surface area contributed by atoms with E-state index >= 15 is 0 Å². The molecule has 0 unspecified atom stereocenters. The molecule has 186 valence electrons. The number of amides is 2. The lowest BCUT2D eigenvalue weighted by atomic mass is 9.96. The molecule has 0 saturated carbocycles. The van der Waals surface area contributed by atoms with Crippen LogP contribution >= 0.6 is 27.3 Å². The number of halogens is 2. The highest BCUT2D eigenvalue weighted by Gasteiger charge is 2.22. The van der Waals surface area contributed by atoms with Gasteiger partial charge in [0.25, 0.3) is 11.8 Å². The Morgan fingerprint density at radius 1 is 1.11 bits per heavy atom. The fraction of sp³-hybridized carbons (Fsp3) is 0.185. The summed E-state index contributed by atoms with van der Waals surface area (Å²) in [5.74, 6) is -1.02. The van der Waals surface area contributed by atoms with Crippen LogP contribution in [0.25, 0.3) is 6.08 Å². The molecular weight excluding hydrogens is 559 g/mol. The number of anilines is 2. The van der Waals surface area contributed by atoms with Gasteiger partial charge in [0, 0.05) is 10.6 Å². The number of carbonyl (C=O) groups excluding carboxylic acids is 2. The number of nitriles is 2. The van der Waals surface area contributed by atoms with E-state index in [1.165, 1.54) is 41.7 Å². The van der Waals surface area contributed by atoms with Gasteiger partial charge in [0.2, 0.25) is 0 Å². The Bertz CT molecular complexity index is 1470. The van der Waals surface area contributed by atoms with Crippen molar-refractivity contribution in [3.63, 3.8) is 0 Å². The summed E-state index contributed by atoms with van der Waals surface area (Å²) in [6.07, 6.45) is 5.22. The fourth-order valence-electron chi connectivity index (χ4n) is 3.86. The number of nitrogens with zero attached hydrogens (tertiary/aromatic N) is 2. The van der Waals surface area contributed by atoms with Gasteiger partial charge in [-0.3, -0.25) is 9.59 Å². The van der Waals surface area contributed by atoms with Crippen molar-refractivity contribution >= 4 is 55.8 Å². The molecule has 10 heteroatoms. The number of hydrogen-bond donors (Lipinski definition) is 2. The molecule has 0 bridgehead atoms. The highest BCUT2D eigenvalue weighted by molar-refractivity contribution is 9.10. The zero-order valence-corrected chi connectivity index (χ0v) is 21.8. The van der Waals surface area contributed by atoms with Crippen LogP contribution in [0.4, 0.5) is 15.1 Å². The fourth-order valence-corrected chi connectivity index (χ4v) is 5.60. The van der Waals surface area contributed by atoms with Crippen molar-refractivity contribution in [2.24, 2.45) is 0 Å². The second kappa shape index (κ2) is 11.8. The number of aryl methyl sites for hydroxylation is 1. The summed E-state index contributed by atoms with van der Waals surface area (Å²) >= 11 is 4.78. The van der Waals surface area contributed by atoms with Crippen LogP contribution in [0.2, 0.25) is 0 Å². The Morgan fingerprint density at radius 2 is 1.86 bits per heavy atom. The molecule has 4 rings (SSSR count). The molecule has 7 nitrogen and oxygen atoms in total. The predicted octanol–water partition coefficient (Wildman–Crippen LogP) is 5.96. The van der Waals surface area contributed by atoms with Crippen molar-refractivity contribution in [2.45, 2.75) is 25.7 Å². The van der Waals surface area contributed by atoms with Crippen molar-refractivity contribution in [3.8, 4) is 17.9 Å². The van der Waals surface area contributed by atoms with Gasteiger partial charge < -0.3 is 15.4 Å². The van der Waals surface area contributed by atoms with Gasteiger partial charge in [0.1, 0.15) is 34.3 Å². The lowest BCUT2D eigenvalue weighted by Crippen LogP contribution is -2.20. The van der Waals surface area contributed by atoms with Crippen LogP contribution in [0.5, 0.6) is 5.75 Å². The predicted molar refractivity (Wildman–Crippen MR) is 143 cm³/mol. The van der Waals surface area contributed by atoms with E-state index in [1.54, 1.807) is 18.2 Å². The van der Waals surface area contributed by atoms with Gasteiger partial charge in [-0.1, -0.05) is 6.07 Å². The first-order valence-electron chi connectivity index (χ1n) is 11.3. The van der Waals surface area contributed by atoms with Gasteiger partial charge in [-0.05, 0) is 95.2 Å². The highest BCUT2D eigenvalue weighted by atomic mass is 79.9. The van der Waals surface area contributed by atoms with Crippen molar-refractivity contribution in [1.29, 1.82) is 10.5 Å². The van der Waals surface area contributed by atoms with E-state index in [-0.39, 0.29) is 12.2 Å². The largest absolute Gasteiger partial charge is 0.483 e. The topological polar surface area (TPSA) is 115 Å². The van der Waals surface area contributed by atoms with E-state index in [4.69, 9.17) is 4.74 Å². The van der Waals surface area contributed by atoms with E-state index in [0.717, 1.165) is 36.1 Å². The number of benzene rings is 2. The molecule has 1 aliphatic carbocycles. The van der Waals surface area contributed by atoms with Crippen molar-refractivity contribution < 1.29 is 18.7 Å². The van der Waals surface area contributed by atoms with E-state index in [9.17, 15) is 24.5 Å². The summed E-state index contributed by atoms with van der Waals surface area (Å²) in [5, 5.41) is 25.0. The van der Waals surface area contributed by atoms with Gasteiger partial charge in [-0.25, -0.2) is 4.39 Å². The van der Waals surface area contributed by atoms with Crippen LogP contribution in [0, 0.1) is 28.5 Å². The molecular formula is C27H20BrFN4O3S. The van der Waals surface area contributed by atoms with Gasteiger partial charge in [0.05, 0.1) is 10.0 Å². The first-order chi connectivity index (χ1) is 17.9. The molecule has 0 saturated heterocycles. The zero-order chi connectivity index (χ0) is 26.4. The Labute approximate surface area is 225 Å². The summed E-state index contributed by atoms with van der Waals surface area (Å²) in [6.45, 7) is -0.275. The lowest BCUT2D eigenvalue weighted by molar-refractivity contribution is -0.118. The smallest absolute Gasteiger partial charge is 0.266 e. The number of nitrogens with one attached hydrogen (secondary N) is 2. The van der Waals surface area contributed by atoms with Gasteiger partial charge >= 0.3 is 0 Å². The highest BCUT2D eigenvalue weighted by Crippen LogP contribution is 2.38. The molecule has 2 aromatic carbocycles. The van der Waals surface area contributed by atoms with Gasteiger partial charge in [0.15, 0.2) is 6.61 Å². The van der Waals surface area contributed by atoms with Crippen molar-refractivity contribution in [2.75, 3.05) is 17.2 Å². The normalized spacial score (nSPS) is 12.6. The molecule has 1 aliphatic rings. The number of fused-ring (bicyclic) bond motifs is 1. The molecule has 0 radical (unpaired) electrons. The molecule has 1 aromatic heterocycles. The Balaban J connectivity index is 1.41. The zero-order valence-electron chi connectivity index (χ0n) is 19.4. The summed E-state index contributed by atoms with van der Waals surface area (Å²) in [5.41, 5.74) is 2.38. The molecule has 3 aromatic rings. The summed E-state index contributed by atoms with van der Waals surface area (Å²) in [6, 6.07) is 14.4. The minimum absolute atomic E-state index is 0.116. The average Bonchev–Trinajstić information content (AvgIpc) is 3.24. The Kier molecular flexibility index (Phi) is 8.34. The molecule has 37 heavy (non-hydrogen) atoms. The monoisotopic (exact) mass is 578 g/mol. The van der Waals surface area contributed by atoms with Crippen LogP contribution in [0.3, 0.4) is 0 Å². The van der Waals surface area contributed by atoms with E-state index in [1.807, 2.05) is 6.07 Å². The van der Waals surface area contributed by atoms with Crippen LogP contribution in [0.1, 0.15) is 34.4 Å². The lowest BCUT2D eigenvalue weighted by Gasteiger charge is -2.10. The number of rotatable bonds is 7. The standard InChI is InChI=1S/C27H20BrFN4O3S/c28-22-12-16(5-10-23(22)36-15-25(34)32-19-8-6-18(29)7-9-19)11-17(13-30)26(35)33-27-21(14-31)20-3-1-2-4-24(20)37-27/h5-12H,1-4,15H2,(H,32,34)(H,33,35)/b17-11+. The van der Waals surface area contributed by atoms with Crippen molar-refractivity contribution in [3.05, 3.63) is 79.9 Å². The minimum atomic E-state index is -0.591. The van der Waals surface area contributed by atoms with Crippen LogP contribution in [0.15, 0.2) is 52.5 Å². The molecule has 0 atom stereocenters. The third-order valence-electron chi connectivity index (χ3n) is 5.63. The average molecular weight is 579 g/mol. The summed E-state index contributed by atoms with van der Waals surface area (Å²) in [7, 11) is 0. The maximum absolute atomic E-state index is 13.0. The number of hydrogen-bond acceptors (Lipinski definition) is 6. The maximum Gasteiger partial charge on any atom is 0.266 e. The Hall–Kier alpha value is -3.99. The third-order valence-corrected chi connectivity index (χ3v) is 7.46. The van der Waals surface area contributed by atoms with Crippen LogP contribution in [-0.4, -0.2) is 18.4 Å². The first kappa shape index (κ1) is 26.1. The van der Waals surface area contributed by atoms with Crippen LogP contribution in [-0.2, 0) is 22.4 Å². The van der Waals surface area contributed by atoms with E-state index < -0.39 is 17.6 Å². The molecule has 0 spiro atoms.